The first-order chi connectivity index (χ1) is 9.15. The molecule has 1 rings (SSSR count). The summed E-state index contributed by atoms with van der Waals surface area (Å²) in [5.74, 6) is 1.07. The Morgan fingerprint density at radius 2 is 2.16 bits per heavy atom. The second kappa shape index (κ2) is 8.74. The predicted molar refractivity (Wildman–Crippen MR) is 78.1 cm³/mol. The molecule has 0 atom stereocenters. The van der Waals surface area contributed by atoms with Crippen LogP contribution in [-0.4, -0.2) is 16.6 Å². The zero-order valence-electron chi connectivity index (χ0n) is 11.0. The average Bonchev–Trinajstić information content (AvgIpc) is 2.39. The van der Waals surface area contributed by atoms with Crippen LogP contribution in [0.2, 0.25) is 0 Å². The van der Waals surface area contributed by atoms with E-state index in [1.807, 2.05) is 0 Å². The van der Waals surface area contributed by atoms with Crippen molar-refractivity contribution in [2.45, 2.75) is 32.6 Å². The van der Waals surface area contributed by atoms with Crippen molar-refractivity contribution in [3.05, 3.63) is 34.1 Å². The fourth-order valence-electron chi connectivity index (χ4n) is 1.59. The van der Waals surface area contributed by atoms with E-state index in [2.05, 4.69) is 12.2 Å². The van der Waals surface area contributed by atoms with Crippen molar-refractivity contribution in [2.24, 2.45) is 0 Å². The summed E-state index contributed by atoms with van der Waals surface area (Å²) in [4.78, 5) is 9.86. The summed E-state index contributed by atoms with van der Waals surface area (Å²) in [6.45, 7) is 2.17. The van der Waals surface area contributed by atoms with Gasteiger partial charge in [0.25, 0.3) is 5.69 Å². The zero-order chi connectivity index (χ0) is 14.1. The van der Waals surface area contributed by atoms with Gasteiger partial charge in [0, 0.05) is 6.07 Å². The first kappa shape index (κ1) is 15.8. The van der Waals surface area contributed by atoms with E-state index in [9.17, 15) is 14.5 Å². The molecule has 0 spiro atoms. The molecule has 0 aliphatic carbocycles. The van der Waals surface area contributed by atoms with Crippen LogP contribution in [-0.2, 0) is 0 Å². The number of nitro groups is 1. The number of hydrogen-bond donors (Lipinski definition) is 1. The fraction of sp³-hybridized carbons (Fsp3) is 0.538. The van der Waals surface area contributed by atoms with E-state index < -0.39 is 10.7 Å². The largest absolute Gasteiger partial charge is 0.374 e. The normalized spacial score (nSPS) is 10.4. The van der Waals surface area contributed by atoms with Crippen LogP contribution in [0.15, 0.2) is 18.2 Å². The minimum atomic E-state index is -0.602. The highest BCUT2D eigenvalue weighted by atomic mass is 32.2. The van der Waals surface area contributed by atoms with Gasteiger partial charge in [-0.2, -0.15) is 0 Å². The number of rotatable bonds is 9. The molecule has 0 aromatic heterocycles. The van der Waals surface area contributed by atoms with Gasteiger partial charge in [0.2, 0.25) is 0 Å². The molecular weight excluding hydrogens is 267 g/mol. The average molecular weight is 286 g/mol. The number of unbranched alkanes of at least 4 members (excludes halogenated alkanes) is 3. The quantitative estimate of drug-likeness (QED) is 0.316. The van der Waals surface area contributed by atoms with Gasteiger partial charge in [-0.25, -0.2) is 4.39 Å². The molecule has 1 aromatic rings. The minimum absolute atomic E-state index is 0.227. The predicted octanol–water partition coefficient (Wildman–Crippen LogP) is 4.42. The van der Waals surface area contributed by atoms with Crippen molar-refractivity contribution in [1.82, 2.24) is 0 Å². The first-order valence-corrected chi connectivity index (χ1v) is 7.56. The number of nitrogens with zero attached hydrogens (tertiary/aromatic N) is 1. The molecular formula is C13H19FN2O2S. The van der Waals surface area contributed by atoms with Crippen LogP contribution in [0.25, 0.3) is 0 Å². The molecule has 0 radical (unpaired) electrons. The van der Waals surface area contributed by atoms with Crippen molar-refractivity contribution in [3.63, 3.8) is 0 Å². The van der Waals surface area contributed by atoms with Crippen molar-refractivity contribution in [2.75, 3.05) is 16.9 Å². The van der Waals surface area contributed by atoms with Crippen molar-refractivity contribution < 1.29 is 9.31 Å². The summed E-state index contributed by atoms with van der Waals surface area (Å²) < 4.78 is 13.5. The van der Waals surface area contributed by atoms with Gasteiger partial charge in [-0.1, -0.05) is 26.2 Å². The van der Waals surface area contributed by atoms with Crippen LogP contribution in [0.1, 0.15) is 32.6 Å². The van der Waals surface area contributed by atoms with E-state index in [4.69, 9.17) is 0 Å². The molecule has 0 saturated heterocycles. The van der Waals surface area contributed by atoms with Crippen LogP contribution in [0.3, 0.4) is 0 Å². The van der Waals surface area contributed by atoms with Crippen LogP contribution >= 0.6 is 11.8 Å². The number of hydrogen-bond acceptors (Lipinski definition) is 4. The van der Waals surface area contributed by atoms with E-state index in [-0.39, 0.29) is 5.69 Å². The highest BCUT2D eigenvalue weighted by Gasteiger charge is 2.09. The summed E-state index contributed by atoms with van der Waals surface area (Å²) in [7, 11) is 0. The van der Waals surface area contributed by atoms with Gasteiger partial charge in [-0.05, 0) is 18.2 Å². The second-order valence-corrected chi connectivity index (χ2v) is 5.32. The molecule has 1 aromatic carbocycles. The van der Waals surface area contributed by atoms with Gasteiger partial charge >= 0.3 is 0 Å². The minimum Gasteiger partial charge on any atom is -0.374 e. The van der Waals surface area contributed by atoms with Gasteiger partial charge in [-0.3, -0.25) is 10.1 Å². The Bertz CT molecular complexity index is 416. The van der Waals surface area contributed by atoms with Crippen molar-refractivity contribution in [3.8, 4) is 0 Å². The van der Waals surface area contributed by atoms with Gasteiger partial charge in [0.1, 0.15) is 0 Å². The maximum absolute atomic E-state index is 13.5. The first-order valence-electron chi connectivity index (χ1n) is 6.40. The lowest BCUT2D eigenvalue weighted by atomic mass is 10.2. The Hall–Kier alpha value is -1.30. The number of nitro benzene ring substituents is 1. The van der Waals surface area contributed by atoms with Crippen molar-refractivity contribution >= 4 is 23.1 Å². The molecule has 4 nitrogen and oxygen atoms in total. The number of thioether (sulfide) groups is 1. The Kier molecular flexibility index (Phi) is 7.25. The molecule has 0 heterocycles. The van der Waals surface area contributed by atoms with Crippen LogP contribution in [0.5, 0.6) is 0 Å². The summed E-state index contributed by atoms with van der Waals surface area (Å²) in [6, 6.07) is 3.65. The Labute approximate surface area is 116 Å². The second-order valence-electron chi connectivity index (χ2n) is 4.21. The van der Waals surface area contributed by atoms with E-state index in [1.165, 1.54) is 37.8 Å². The number of benzene rings is 1. The molecule has 6 heteroatoms. The number of halogens is 1. The van der Waals surface area contributed by atoms with E-state index in [0.717, 1.165) is 11.8 Å². The summed E-state index contributed by atoms with van der Waals surface area (Å²) >= 11 is 1.71. The molecule has 0 fully saturated rings. The molecule has 0 amide bonds. The highest BCUT2D eigenvalue weighted by Crippen LogP contribution is 2.21. The number of anilines is 1. The Morgan fingerprint density at radius 1 is 1.37 bits per heavy atom. The smallest absolute Gasteiger partial charge is 0.272 e. The summed E-state index contributed by atoms with van der Waals surface area (Å²) in [5, 5.41) is 13.4. The summed E-state index contributed by atoms with van der Waals surface area (Å²) in [6.07, 6.45) is 4.88. The SMILES string of the molecule is CCCCCCSCNc1ccc([N+](=O)[O-])cc1F. The molecule has 0 bridgehead atoms. The summed E-state index contributed by atoms with van der Waals surface area (Å²) in [5.41, 5.74) is 0.0851. The third kappa shape index (κ3) is 5.92. The van der Waals surface area contributed by atoms with Gasteiger partial charge < -0.3 is 5.32 Å². The van der Waals surface area contributed by atoms with Crippen LogP contribution < -0.4 is 5.32 Å². The van der Waals surface area contributed by atoms with Crippen molar-refractivity contribution in [1.29, 1.82) is 0 Å². The fourth-order valence-corrected chi connectivity index (χ4v) is 2.40. The van der Waals surface area contributed by atoms with Crippen LogP contribution in [0, 0.1) is 15.9 Å². The zero-order valence-corrected chi connectivity index (χ0v) is 11.8. The van der Waals surface area contributed by atoms with E-state index in [1.54, 1.807) is 11.8 Å². The van der Waals surface area contributed by atoms with Crippen LogP contribution in [0.4, 0.5) is 15.8 Å². The molecule has 1 N–H and O–H groups in total. The maximum atomic E-state index is 13.5. The highest BCUT2D eigenvalue weighted by molar-refractivity contribution is 7.99. The third-order valence-electron chi connectivity index (χ3n) is 2.67. The number of nitrogens with one attached hydrogen (secondary N) is 1. The third-order valence-corrected chi connectivity index (χ3v) is 3.60. The molecule has 0 aliphatic rings. The molecule has 106 valence electrons. The lowest BCUT2D eigenvalue weighted by molar-refractivity contribution is -0.385. The number of non-ortho nitro benzene ring substituents is 1. The molecule has 0 aliphatic heterocycles. The standard InChI is InChI=1S/C13H19FN2O2S/c1-2-3-4-5-8-19-10-15-13-7-6-11(16(17)18)9-12(13)14/h6-7,9,15H,2-5,8,10H2,1H3. The van der Waals surface area contributed by atoms with Gasteiger partial charge in [0.15, 0.2) is 5.82 Å². The monoisotopic (exact) mass is 286 g/mol. The van der Waals surface area contributed by atoms with E-state index >= 15 is 0 Å². The lowest BCUT2D eigenvalue weighted by Gasteiger charge is -2.07. The lowest BCUT2D eigenvalue weighted by Crippen LogP contribution is -2.01. The van der Waals surface area contributed by atoms with E-state index in [0.29, 0.717) is 11.6 Å². The topological polar surface area (TPSA) is 55.2 Å². The molecule has 0 unspecified atom stereocenters. The Balaban J connectivity index is 2.28. The Morgan fingerprint density at radius 3 is 2.79 bits per heavy atom. The maximum Gasteiger partial charge on any atom is 0.272 e. The van der Waals surface area contributed by atoms with Gasteiger partial charge in [0.05, 0.1) is 22.6 Å². The molecule has 19 heavy (non-hydrogen) atoms. The van der Waals surface area contributed by atoms with Gasteiger partial charge in [-0.15, -0.1) is 11.8 Å². The molecule has 0 saturated carbocycles.